The number of carbonyl (C=O) groups excluding carboxylic acids is 1. The van der Waals surface area contributed by atoms with Crippen molar-refractivity contribution in [2.75, 3.05) is 23.1 Å². The van der Waals surface area contributed by atoms with Gasteiger partial charge >= 0.3 is 0 Å². The van der Waals surface area contributed by atoms with Crippen LogP contribution >= 0.6 is 0 Å². The number of nitrogens with zero attached hydrogens (tertiary/aromatic N) is 2. The highest BCUT2D eigenvalue weighted by Gasteiger charge is 2.28. The lowest BCUT2D eigenvalue weighted by Gasteiger charge is -2.26. The number of amides is 1. The zero-order valence-electron chi connectivity index (χ0n) is 19.1. The number of carbonyl (C=O) groups is 1. The first-order valence-electron chi connectivity index (χ1n) is 11.1. The van der Waals surface area contributed by atoms with E-state index in [1.807, 2.05) is 0 Å². The molecule has 1 aromatic heterocycles. The van der Waals surface area contributed by atoms with Gasteiger partial charge in [-0.1, -0.05) is 12.5 Å². The van der Waals surface area contributed by atoms with Crippen LogP contribution < -0.4 is 10.0 Å². The summed E-state index contributed by atoms with van der Waals surface area (Å²) in [6.45, 7) is 2.66. The van der Waals surface area contributed by atoms with Crippen LogP contribution in [0.1, 0.15) is 35.2 Å². The second-order valence-corrected chi connectivity index (χ2v) is 11.9. The maximum absolute atomic E-state index is 13.1. The smallest absolute Gasteiger partial charge is 0.261 e. The average molecular weight is 515 g/mol. The van der Waals surface area contributed by atoms with Gasteiger partial charge in [-0.25, -0.2) is 16.8 Å². The number of piperidine rings is 1. The third-order valence-corrected chi connectivity index (χ3v) is 9.16. The molecule has 1 aliphatic heterocycles. The molecule has 0 spiro atoms. The monoisotopic (exact) mass is 514 g/mol. The van der Waals surface area contributed by atoms with Gasteiger partial charge in [0.1, 0.15) is 0 Å². The number of sulfonamides is 2. The number of aryl methyl sites for hydroxylation is 1. The average Bonchev–Trinajstić information content (AvgIpc) is 2.85. The molecule has 1 saturated heterocycles. The van der Waals surface area contributed by atoms with Crippen LogP contribution in [0.15, 0.2) is 76.8 Å². The van der Waals surface area contributed by atoms with Gasteiger partial charge < -0.3 is 5.32 Å². The lowest BCUT2D eigenvalue weighted by atomic mass is 10.1. The minimum absolute atomic E-state index is 0.0181. The number of hydrogen-bond donors (Lipinski definition) is 2. The Hall–Kier alpha value is -3.28. The quantitative estimate of drug-likeness (QED) is 0.496. The van der Waals surface area contributed by atoms with Crippen molar-refractivity contribution in [2.24, 2.45) is 0 Å². The van der Waals surface area contributed by atoms with Gasteiger partial charge in [0.05, 0.1) is 21.7 Å². The highest BCUT2D eigenvalue weighted by molar-refractivity contribution is 7.92. The molecule has 4 rings (SSSR count). The summed E-state index contributed by atoms with van der Waals surface area (Å²) < 4.78 is 55.3. The molecule has 0 saturated carbocycles. The van der Waals surface area contributed by atoms with Crippen LogP contribution in [0, 0.1) is 6.92 Å². The zero-order valence-corrected chi connectivity index (χ0v) is 20.8. The fraction of sp³-hybridized carbons (Fsp3) is 0.250. The molecule has 35 heavy (non-hydrogen) atoms. The topological polar surface area (TPSA) is 126 Å². The molecule has 1 fully saturated rings. The Morgan fingerprint density at radius 3 is 2.29 bits per heavy atom. The van der Waals surface area contributed by atoms with E-state index < -0.39 is 26.0 Å². The molecule has 2 heterocycles. The van der Waals surface area contributed by atoms with Crippen molar-refractivity contribution in [3.05, 3.63) is 78.1 Å². The number of rotatable bonds is 7. The van der Waals surface area contributed by atoms with Crippen LogP contribution in [0.5, 0.6) is 0 Å². The van der Waals surface area contributed by atoms with Crippen molar-refractivity contribution in [2.45, 2.75) is 36.0 Å². The Labute approximate surface area is 205 Å². The molecular weight excluding hydrogens is 488 g/mol. The fourth-order valence-electron chi connectivity index (χ4n) is 3.82. The van der Waals surface area contributed by atoms with E-state index >= 15 is 0 Å². The van der Waals surface area contributed by atoms with Crippen LogP contribution in [0.4, 0.5) is 11.4 Å². The Morgan fingerprint density at radius 2 is 1.63 bits per heavy atom. The van der Waals surface area contributed by atoms with E-state index in [0.717, 1.165) is 19.3 Å². The molecule has 184 valence electrons. The van der Waals surface area contributed by atoms with Gasteiger partial charge in [0.2, 0.25) is 10.0 Å². The van der Waals surface area contributed by atoms with Gasteiger partial charge in [0, 0.05) is 30.5 Å². The summed E-state index contributed by atoms with van der Waals surface area (Å²) in [5, 5.41) is 2.69. The second-order valence-electron chi connectivity index (χ2n) is 8.27. The third-order valence-electron chi connectivity index (χ3n) is 5.72. The molecule has 0 aliphatic carbocycles. The fourth-order valence-corrected chi connectivity index (χ4v) is 6.63. The Bertz CT molecular complexity index is 1420. The largest absolute Gasteiger partial charge is 0.322 e. The minimum atomic E-state index is -3.82. The molecule has 9 nitrogen and oxygen atoms in total. The van der Waals surface area contributed by atoms with Crippen LogP contribution in [0.25, 0.3) is 0 Å². The van der Waals surface area contributed by atoms with Crippen molar-refractivity contribution in [3.63, 3.8) is 0 Å². The summed E-state index contributed by atoms with van der Waals surface area (Å²) in [6.07, 6.45) is 5.58. The third kappa shape index (κ3) is 5.69. The summed E-state index contributed by atoms with van der Waals surface area (Å²) in [5.41, 5.74) is 1.47. The van der Waals surface area contributed by atoms with Crippen molar-refractivity contribution < 1.29 is 21.6 Å². The Balaban J connectivity index is 1.50. The number of pyridine rings is 1. The minimum Gasteiger partial charge on any atom is -0.322 e. The summed E-state index contributed by atoms with van der Waals surface area (Å²) in [6, 6.07) is 13.5. The lowest BCUT2D eigenvalue weighted by molar-refractivity contribution is 0.102. The van der Waals surface area contributed by atoms with Crippen LogP contribution in [0.3, 0.4) is 0 Å². The van der Waals surface area contributed by atoms with E-state index in [1.54, 1.807) is 31.2 Å². The van der Waals surface area contributed by atoms with Crippen molar-refractivity contribution in [3.8, 4) is 0 Å². The van der Waals surface area contributed by atoms with Gasteiger partial charge in [-0.2, -0.15) is 4.31 Å². The lowest BCUT2D eigenvalue weighted by Crippen LogP contribution is -2.36. The van der Waals surface area contributed by atoms with E-state index in [2.05, 4.69) is 15.0 Å². The molecule has 2 N–H and O–H groups in total. The number of hydrogen-bond acceptors (Lipinski definition) is 6. The molecule has 11 heteroatoms. The molecule has 0 atom stereocenters. The summed E-state index contributed by atoms with van der Waals surface area (Å²) in [4.78, 5) is 16.9. The van der Waals surface area contributed by atoms with Crippen molar-refractivity contribution in [1.82, 2.24) is 9.29 Å². The predicted molar refractivity (Wildman–Crippen MR) is 133 cm³/mol. The number of benzene rings is 2. The van der Waals surface area contributed by atoms with Gasteiger partial charge in [-0.3, -0.25) is 14.5 Å². The maximum Gasteiger partial charge on any atom is 0.261 e. The summed E-state index contributed by atoms with van der Waals surface area (Å²) in [7, 11) is -7.52. The normalized spacial score (nSPS) is 14.9. The zero-order chi connectivity index (χ0) is 25.1. The Morgan fingerprint density at radius 1 is 0.914 bits per heavy atom. The first-order chi connectivity index (χ1) is 16.7. The molecular formula is C24H26N4O5S2. The summed E-state index contributed by atoms with van der Waals surface area (Å²) >= 11 is 0. The van der Waals surface area contributed by atoms with Crippen LogP contribution in [-0.2, 0) is 20.0 Å². The molecule has 0 bridgehead atoms. The highest BCUT2D eigenvalue weighted by Crippen LogP contribution is 2.25. The van der Waals surface area contributed by atoms with Crippen molar-refractivity contribution in [1.29, 1.82) is 0 Å². The SMILES string of the molecule is Cc1ccc(C(=O)Nc2ccc(S(=O)(=O)Nc3cccnc3)cc2)cc1S(=O)(=O)N1CCCCC1. The standard InChI is InChI=1S/C24H26N4O5S2/c1-18-7-8-19(16-23(18)35(32,33)28-14-3-2-4-15-28)24(29)26-20-9-11-22(12-10-20)34(30,31)27-21-6-5-13-25-17-21/h5-13,16-17,27H,2-4,14-15H2,1H3,(H,26,29). The highest BCUT2D eigenvalue weighted by atomic mass is 32.2. The molecule has 1 aliphatic rings. The van der Waals surface area contributed by atoms with Crippen LogP contribution in [0.2, 0.25) is 0 Å². The molecule has 1 amide bonds. The van der Waals surface area contributed by atoms with Crippen LogP contribution in [-0.4, -0.2) is 45.1 Å². The first-order valence-corrected chi connectivity index (χ1v) is 14.0. The first kappa shape index (κ1) is 24.8. The molecule has 0 radical (unpaired) electrons. The van der Waals surface area contributed by atoms with Gasteiger partial charge in [-0.15, -0.1) is 0 Å². The molecule has 3 aromatic rings. The number of aromatic nitrogens is 1. The Kier molecular flexibility index (Phi) is 7.20. The van der Waals surface area contributed by atoms with Crippen molar-refractivity contribution >= 4 is 37.3 Å². The maximum atomic E-state index is 13.1. The number of nitrogens with one attached hydrogen (secondary N) is 2. The van der Waals surface area contributed by atoms with E-state index in [9.17, 15) is 21.6 Å². The number of anilines is 2. The summed E-state index contributed by atoms with van der Waals surface area (Å²) in [5.74, 6) is -0.496. The van der Waals surface area contributed by atoms with E-state index in [0.29, 0.717) is 30.0 Å². The van der Waals surface area contributed by atoms with E-state index in [1.165, 1.54) is 47.0 Å². The van der Waals surface area contributed by atoms with Gasteiger partial charge in [0.15, 0.2) is 0 Å². The predicted octanol–water partition coefficient (Wildman–Crippen LogP) is 3.62. The van der Waals surface area contributed by atoms with E-state index in [-0.39, 0.29) is 15.4 Å². The molecule has 0 unspecified atom stereocenters. The van der Waals surface area contributed by atoms with Gasteiger partial charge in [0.25, 0.3) is 15.9 Å². The second kappa shape index (κ2) is 10.1. The van der Waals surface area contributed by atoms with Gasteiger partial charge in [-0.05, 0) is 73.9 Å². The van der Waals surface area contributed by atoms with E-state index in [4.69, 9.17) is 0 Å². The molecule has 2 aromatic carbocycles.